The van der Waals surface area contributed by atoms with Crippen molar-refractivity contribution in [1.29, 1.82) is 0 Å². The molecule has 3 nitrogen and oxygen atoms in total. The van der Waals surface area contributed by atoms with E-state index in [1.54, 1.807) is 0 Å². The van der Waals surface area contributed by atoms with Gasteiger partial charge >= 0.3 is 0 Å². The van der Waals surface area contributed by atoms with Crippen molar-refractivity contribution in [2.24, 2.45) is 0 Å². The second kappa shape index (κ2) is 12.3. The molecule has 4 aromatic rings. The van der Waals surface area contributed by atoms with E-state index in [2.05, 4.69) is 94.7 Å². The van der Waals surface area contributed by atoms with Gasteiger partial charge in [-0.15, -0.1) is 11.3 Å². The van der Waals surface area contributed by atoms with Crippen LogP contribution in [0.25, 0.3) is 26.6 Å². The van der Waals surface area contributed by atoms with Crippen LogP contribution in [-0.4, -0.2) is 55.7 Å². The number of hydrogen-bond donors (Lipinski definition) is 0. The van der Waals surface area contributed by atoms with Crippen LogP contribution in [0.4, 0.5) is 0 Å². The zero-order valence-electron chi connectivity index (χ0n) is 22.3. The van der Waals surface area contributed by atoms with Gasteiger partial charge in [-0.25, -0.2) is 0 Å². The van der Waals surface area contributed by atoms with Crippen molar-refractivity contribution < 1.29 is 4.74 Å². The Labute approximate surface area is 231 Å². The molecule has 2 aliphatic heterocycles. The Bertz CT molecular complexity index is 1340. The topological polar surface area (TPSA) is 15.7 Å². The van der Waals surface area contributed by atoms with Gasteiger partial charge in [0.15, 0.2) is 0 Å². The number of hydrogen-bond acceptors (Lipinski definition) is 4. The highest BCUT2D eigenvalue weighted by atomic mass is 32.1. The molecule has 3 heterocycles. The average molecular weight is 523 g/mol. The monoisotopic (exact) mass is 522 g/mol. The van der Waals surface area contributed by atoms with E-state index in [1.807, 2.05) is 11.3 Å². The highest BCUT2D eigenvalue weighted by Gasteiger charge is 2.15. The van der Waals surface area contributed by atoms with Crippen LogP contribution in [0.1, 0.15) is 42.4 Å². The maximum atomic E-state index is 6.07. The molecule has 0 bridgehead atoms. The number of benzene rings is 3. The van der Waals surface area contributed by atoms with Crippen molar-refractivity contribution in [2.75, 3.05) is 45.9 Å². The maximum Gasteiger partial charge on any atom is 0.119 e. The van der Waals surface area contributed by atoms with E-state index in [1.165, 1.54) is 89.1 Å². The Morgan fingerprint density at radius 2 is 1.47 bits per heavy atom. The first-order valence-electron chi connectivity index (χ1n) is 14.3. The molecule has 38 heavy (non-hydrogen) atoms. The second-order valence-electron chi connectivity index (χ2n) is 10.7. The van der Waals surface area contributed by atoms with Gasteiger partial charge in [0.1, 0.15) is 12.4 Å². The van der Waals surface area contributed by atoms with E-state index < -0.39 is 0 Å². The van der Waals surface area contributed by atoms with Crippen LogP contribution in [0.15, 0.2) is 78.9 Å². The smallest absolute Gasteiger partial charge is 0.119 e. The fourth-order valence-corrected chi connectivity index (χ4v) is 6.99. The lowest BCUT2D eigenvalue weighted by atomic mass is 9.98. The molecule has 2 aliphatic rings. The molecule has 0 unspecified atom stereocenters. The van der Waals surface area contributed by atoms with Crippen LogP contribution in [0.2, 0.25) is 0 Å². The van der Waals surface area contributed by atoms with Gasteiger partial charge in [0.05, 0.1) is 0 Å². The van der Waals surface area contributed by atoms with E-state index in [9.17, 15) is 0 Å². The third kappa shape index (κ3) is 6.20. The van der Waals surface area contributed by atoms with E-state index in [0.29, 0.717) is 0 Å². The fraction of sp³-hybridized carbons (Fsp3) is 0.353. The van der Waals surface area contributed by atoms with Gasteiger partial charge in [0, 0.05) is 22.7 Å². The normalized spacial score (nSPS) is 16.7. The Kier molecular flexibility index (Phi) is 8.20. The molecule has 0 saturated carbocycles. The summed E-state index contributed by atoms with van der Waals surface area (Å²) in [5.74, 6) is 0.962. The summed E-state index contributed by atoms with van der Waals surface area (Å²) in [5, 5.41) is 1.37. The molecular weight excluding hydrogens is 484 g/mol. The van der Waals surface area contributed by atoms with Gasteiger partial charge in [-0.1, -0.05) is 54.6 Å². The van der Waals surface area contributed by atoms with Gasteiger partial charge in [-0.05, 0) is 116 Å². The Morgan fingerprint density at radius 3 is 2.24 bits per heavy atom. The quantitative estimate of drug-likeness (QED) is 0.212. The van der Waals surface area contributed by atoms with E-state index >= 15 is 0 Å². The molecule has 2 saturated heterocycles. The predicted molar refractivity (Wildman–Crippen MR) is 162 cm³/mol. The molecule has 4 heteroatoms. The van der Waals surface area contributed by atoms with Gasteiger partial charge in [-0.2, -0.15) is 0 Å². The largest absolute Gasteiger partial charge is 0.492 e. The minimum absolute atomic E-state index is 0.761. The molecule has 0 aliphatic carbocycles. The van der Waals surface area contributed by atoms with E-state index in [0.717, 1.165) is 31.9 Å². The molecule has 0 N–H and O–H groups in total. The molecular formula is C34H38N2OS. The van der Waals surface area contributed by atoms with E-state index in [4.69, 9.17) is 4.74 Å². The Balaban J connectivity index is 1.15. The summed E-state index contributed by atoms with van der Waals surface area (Å²) in [6, 6.07) is 26.7. The summed E-state index contributed by atoms with van der Waals surface area (Å²) in [6.07, 6.45) is 10.9. The van der Waals surface area contributed by atoms with Crippen molar-refractivity contribution in [3.63, 3.8) is 0 Å². The zero-order chi connectivity index (χ0) is 25.6. The van der Waals surface area contributed by atoms with Crippen molar-refractivity contribution in [2.45, 2.75) is 32.1 Å². The van der Waals surface area contributed by atoms with Crippen LogP contribution >= 0.6 is 11.3 Å². The van der Waals surface area contributed by atoms with Crippen molar-refractivity contribution >= 4 is 27.5 Å². The van der Waals surface area contributed by atoms with Crippen molar-refractivity contribution in [3.05, 3.63) is 95.6 Å². The zero-order valence-corrected chi connectivity index (χ0v) is 23.1. The lowest BCUT2D eigenvalue weighted by Gasteiger charge is -2.15. The summed E-state index contributed by atoms with van der Waals surface area (Å²) in [5.41, 5.74) is 5.33. The van der Waals surface area contributed by atoms with Gasteiger partial charge in [0.25, 0.3) is 0 Å². The molecule has 3 aromatic carbocycles. The van der Waals surface area contributed by atoms with Crippen LogP contribution in [0.3, 0.4) is 0 Å². The van der Waals surface area contributed by atoms with Crippen molar-refractivity contribution in [3.8, 4) is 16.2 Å². The van der Waals surface area contributed by atoms with Crippen LogP contribution in [-0.2, 0) is 6.42 Å². The number of thiophene rings is 1. The average Bonchev–Trinajstić information content (AvgIpc) is 3.73. The first kappa shape index (κ1) is 25.4. The van der Waals surface area contributed by atoms with Crippen LogP contribution < -0.4 is 4.74 Å². The molecule has 0 radical (unpaired) electrons. The summed E-state index contributed by atoms with van der Waals surface area (Å²) >= 11 is 1.90. The molecule has 196 valence electrons. The molecule has 1 aromatic heterocycles. The standard InChI is InChI=1S/C34H38N2OS/c1-2-10-33-31(9-1)32(26-28-13-11-27(12-14-28)8-7-23-35-19-3-4-20-35)34(38-33)29-15-17-30(18-16-29)37-25-24-36-21-5-6-22-36/h1-2,7-18H,3-6,19-26H2. The van der Waals surface area contributed by atoms with Gasteiger partial charge in [-0.3, -0.25) is 9.80 Å². The fourth-order valence-electron chi connectivity index (χ4n) is 5.76. The van der Waals surface area contributed by atoms with Crippen LogP contribution in [0.5, 0.6) is 5.75 Å². The minimum Gasteiger partial charge on any atom is -0.492 e. The summed E-state index contributed by atoms with van der Waals surface area (Å²) in [6.45, 7) is 7.77. The SMILES string of the molecule is C(=Cc1ccc(Cc2c(-c3ccc(OCCN4CCCC4)cc3)sc3ccccc23)cc1)CN1CCCC1. The third-order valence-corrected chi connectivity index (χ3v) is 9.19. The highest BCUT2D eigenvalue weighted by molar-refractivity contribution is 7.22. The first-order chi connectivity index (χ1) is 18.8. The number of ether oxygens (including phenoxy) is 1. The Morgan fingerprint density at radius 1 is 0.763 bits per heavy atom. The predicted octanol–water partition coefficient (Wildman–Crippen LogP) is 7.74. The summed E-state index contributed by atoms with van der Waals surface area (Å²) < 4.78 is 7.42. The molecule has 6 rings (SSSR count). The summed E-state index contributed by atoms with van der Waals surface area (Å²) in [4.78, 5) is 6.39. The summed E-state index contributed by atoms with van der Waals surface area (Å²) in [7, 11) is 0. The van der Waals surface area contributed by atoms with Gasteiger partial charge < -0.3 is 4.74 Å². The maximum absolute atomic E-state index is 6.07. The van der Waals surface area contributed by atoms with E-state index in [-0.39, 0.29) is 0 Å². The second-order valence-corrected chi connectivity index (χ2v) is 11.7. The van der Waals surface area contributed by atoms with Crippen molar-refractivity contribution in [1.82, 2.24) is 9.80 Å². The van der Waals surface area contributed by atoms with Crippen LogP contribution in [0, 0.1) is 0 Å². The molecule has 0 amide bonds. The molecule has 0 atom stereocenters. The van der Waals surface area contributed by atoms with Gasteiger partial charge in [0.2, 0.25) is 0 Å². The molecule has 2 fully saturated rings. The Hall–Kier alpha value is -2.92. The lowest BCUT2D eigenvalue weighted by molar-refractivity contribution is 0.238. The highest BCUT2D eigenvalue weighted by Crippen LogP contribution is 2.40. The number of likely N-dealkylation sites (tertiary alicyclic amines) is 2. The minimum atomic E-state index is 0.761. The number of fused-ring (bicyclic) bond motifs is 1. The number of nitrogens with zero attached hydrogens (tertiary/aromatic N) is 2. The molecule has 0 spiro atoms. The number of rotatable bonds is 10. The third-order valence-electron chi connectivity index (χ3n) is 7.92. The first-order valence-corrected chi connectivity index (χ1v) is 15.1. The lowest BCUT2D eigenvalue weighted by Crippen LogP contribution is -2.25.